The molecule has 0 heterocycles. The number of benzene rings is 1. The number of carbonyl (C=O) groups is 2. The van der Waals surface area contributed by atoms with Gasteiger partial charge in [-0.15, -0.1) is 0 Å². The monoisotopic (exact) mass is 265 g/mol. The SMILES string of the molecule is O=CNc1ccc(C(=O)C2CCCCC2)c(Cl)c1. The fourth-order valence-electron chi connectivity index (χ4n) is 2.46. The average molecular weight is 266 g/mol. The molecule has 1 aliphatic rings. The molecule has 96 valence electrons. The van der Waals surface area contributed by atoms with Gasteiger partial charge in [0.05, 0.1) is 5.02 Å². The zero-order valence-corrected chi connectivity index (χ0v) is 10.9. The van der Waals surface area contributed by atoms with E-state index in [-0.39, 0.29) is 11.7 Å². The molecular formula is C14H16ClNO2. The first-order valence-corrected chi connectivity index (χ1v) is 6.64. The third kappa shape index (κ3) is 2.91. The lowest BCUT2D eigenvalue weighted by Crippen LogP contribution is -2.18. The Morgan fingerprint density at radius 3 is 2.61 bits per heavy atom. The molecule has 3 nitrogen and oxygen atoms in total. The summed E-state index contributed by atoms with van der Waals surface area (Å²) in [5.41, 5.74) is 1.18. The van der Waals surface area contributed by atoms with Crippen LogP contribution >= 0.6 is 11.6 Å². The molecule has 0 saturated heterocycles. The molecule has 1 aromatic carbocycles. The third-order valence-electron chi connectivity index (χ3n) is 3.44. The molecule has 2 rings (SSSR count). The standard InChI is InChI=1S/C14H16ClNO2/c15-13-8-11(16-9-17)6-7-12(13)14(18)10-4-2-1-3-5-10/h6-10H,1-5H2,(H,16,17). The van der Waals surface area contributed by atoms with E-state index in [0.717, 1.165) is 25.7 Å². The lowest BCUT2D eigenvalue weighted by Gasteiger charge is -2.20. The van der Waals surface area contributed by atoms with Crippen molar-refractivity contribution in [3.8, 4) is 0 Å². The van der Waals surface area contributed by atoms with Crippen molar-refractivity contribution in [3.63, 3.8) is 0 Å². The molecule has 1 fully saturated rings. The van der Waals surface area contributed by atoms with E-state index in [9.17, 15) is 9.59 Å². The molecule has 1 aliphatic carbocycles. The van der Waals surface area contributed by atoms with Crippen molar-refractivity contribution in [2.75, 3.05) is 5.32 Å². The Bertz CT molecular complexity index is 453. The van der Waals surface area contributed by atoms with Gasteiger partial charge in [0, 0.05) is 17.2 Å². The predicted octanol–water partition coefficient (Wildman–Crippen LogP) is 3.67. The van der Waals surface area contributed by atoms with Crippen LogP contribution in [0.25, 0.3) is 0 Å². The van der Waals surface area contributed by atoms with Crippen molar-refractivity contribution in [2.24, 2.45) is 5.92 Å². The minimum Gasteiger partial charge on any atom is -0.329 e. The van der Waals surface area contributed by atoms with Crippen LogP contribution in [0.1, 0.15) is 42.5 Å². The number of Topliss-reactive ketones (excluding diaryl/α,β-unsaturated/α-hetero) is 1. The minimum absolute atomic E-state index is 0.112. The molecule has 1 aromatic rings. The molecule has 18 heavy (non-hydrogen) atoms. The highest BCUT2D eigenvalue weighted by Gasteiger charge is 2.23. The van der Waals surface area contributed by atoms with Gasteiger partial charge in [0.15, 0.2) is 5.78 Å². The van der Waals surface area contributed by atoms with Crippen molar-refractivity contribution in [2.45, 2.75) is 32.1 Å². The van der Waals surface area contributed by atoms with E-state index in [1.54, 1.807) is 18.2 Å². The zero-order valence-electron chi connectivity index (χ0n) is 10.1. The van der Waals surface area contributed by atoms with Crippen LogP contribution in [0.4, 0.5) is 5.69 Å². The Kier molecular flexibility index (Phi) is 4.37. The van der Waals surface area contributed by atoms with Gasteiger partial charge in [0.1, 0.15) is 0 Å². The van der Waals surface area contributed by atoms with Crippen LogP contribution < -0.4 is 5.32 Å². The molecule has 1 amide bonds. The summed E-state index contributed by atoms with van der Waals surface area (Å²) in [6, 6.07) is 5.02. The first-order chi connectivity index (χ1) is 8.72. The smallest absolute Gasteiger partial charge is 0.211 e. The first kappa shape index (κ1) is 13.1. The maximum absolute atomic E-state index is 12.3. The first-order valence-electron chi connectivity index (χ1n) is 6.26. The Morgan fingerprint density at radius 1 is 1.28 bits per heavy atom. The molecule has 0 spiro atoms. The average Bonchev–Trinajstić information content (AvgIpc) is 2.40. The summed E-state index contributed by atoms with van der Waals surface area (Å²) in [5.74, 6) is 0.249. The van der Waals surface area contributed by atoms with E-state index in [2.05, 4.69) is 5.32 Å². The number of nitrogens with one attached hydrogen (secondary N) is 1. The van der Waals surface area contributed by atoms with Crippen molar-refractivity contribution >= 4 is 29.5 Å². The van der Waals surface area contributed by atoms with Gasteiger partial charge in [-0.2, -0.15) is 0 Å². The van der Waals surface area contributed by atoms with E-state index in [0.29, 0.717) is 22.7 Å². The molecule has 0 aromatic heterocycles. The predicted molar refractivity (Wildman–Crippen MR) is 72.0 cm³/mol. The van der Waals surface area contributed by atoms with Gasteiger partial charge in [-0.3, -0.25) is 9.59 Å². The van der Waals surface area contributed by atoms with Crippen molar-refractivity contribution in [1.82, 2.24) is 0 Å². The molecule has 1 saturated carbocycles. The van der Waals surface area contributed by atoms with Crippen LogP contribution in [-0.2, 0) is 4.79 Å². The maximum atomic E-state index is 12.3. The molecule has 0 aliphatic heterocycles. The van der Waals surface area contributed by atoms with E-state index < -0.39 is 0 Å². The van der Waals surface area contributed by atoms with Gasteiger partial charge < -0.3 is 5.32 Å². The summed E-state index contributed by atoms with van der Waals surface area (Å²) in [6.07, 6.45) is 5.98. The van der Waals surface area contributed by atoms with Crippen LogP contribution in [0.3, 0.4) is 0 Å². The lowest BCUT2D eigenvalue weighted by atomic mass is 9.84. The van der Waals surface area contributed by atoms with Crippen LogP contribution in [-0.4, -0.2) is 12.2 Å². The van der Waals surface area contributed by atoms with Gasteiger partial charge >= 0.3 is 0 Å². The van der Waals surface area contributed by atoms with Gasteiger partial charge in [0.2, 0.25) is 6.41 Å². The number of halogens is 1. The summed E-state index contributed by atoms with van der Waals surface area (Å²) < 4.78 is 0. The molecule has 0 atom stereocenters. The molecular weight excluding hydrogens is 250 g/mol. The lowest BCUT2D eigenvalue weighted by molar-refractivity contribution is -0.105. The number of hydrogen-bond donors (Lipinski definition) is 1. The quantitative estimate of drug-likeness (QED) is 0.667. The van der Waals surface area contributed by atoms with E-state index in [4.69, 9.17) is 11.6 Å². The fourth-order valence-corrected chi connectivity index (χ4v) is 2.73. The number of anilines is 1. The van der Waals surface area contributed by atoms with Crippen LogP contribution in [0.2, 0.25) is 5.02 Å². The molecule has 1 N–H and O–H groups in total. The van der Waals surface area contributed by atoms with Gasteiger partial charge in [0.25, 0.3) is 0 Å². The molecule has 4 heteroatoms. The summed E-state index contributed by atoms with van der Waals surface area (Å²) in [4.78, 5) is 22.6. The summed E-state index contributed by atoms with van der Waals surface area (Å²) >= 11 is 6.10. The van der Waals surface area contributed by atoms with Gasteiger partial charge in [-0.25, -0.2) is 0 Å². The number of amides is 1. The maximum Gasteiger partial charge on any atom is 0.211 e. The largest absolute Gasteiger partial charge is 0.329 e. The van der Waals surface area contributed by atoms with Crippen LogP contribution in [0.15, 0.2) is 18.2 Å². The van der Waals surface area contributed by atoms with E-state index >= 15 is 0 Å². The van der Waals surface area contributed by atoms with Gasteiger partial charge in [-0.05, 0) is 31.0 Å². The van der Waals surface area contributed by atoms with Crippen LogP contribution in [0.5, 0.6) is 0 Å². The topological polar surface area (TPSA) is 46.2 Å². The highest BCUT2D eigenvalue weighted by atomic mass is 35.5. The number of hydrogen-bond acceptors (Lipinski definition) is 2. The van der Waals surface area contributed by atoms with Gasteiger partial charge in [-0.1, -0.05) is 30.9 Å². The van der Waals surface area contributed by atoms with Crippen LogP contribution in [0, 0.1) is 5.92 Å². The van der Waals surface area contributed by atoms with E-state index in [1.165, 1.54) is 6.42 Å². The Labute approximate surface area is 112 Å². The molecule has 0 radical (unpaired) electrons. The summed E-state index contributed by atoms with van der Waals surface area (Å²) in [7, 11) is 0. The fraction of sp³-hybridized carbons (Fsp3) is 0.429. The second kappa shape index (κ2) is 6.01. The Morgan fingerprint density at radius 2 is 2.00 bits per heavy atom. The second-order valence-electron chi connectivity index (χ2n) is 4.66. The molecule has 0 unspecified atom stereocenters. The highest BCUT2D eigenvalue weighted by molar-refractivity contribution is 6.34. The number of carbonyl (C=O) groups excluding carboxylic acids is 2. The Hall–Kier alpha value is -1.35. The van der Waals surface area contributed by atoms with Crippen molar-refractivity contribution in [3.05, 3.63) is 28.8 Å². The third-order valence-corrected chi connectivity index (χ3v) is 3.75. The zero-order chi connectivity index (χ0) is 13.0. The number of ketones is 1. The summed E-state index contributed by atoms with van der Waals surface area (Å²) in [6.45, 7) is 0. The van der Waals surface area contributed by atoms with E-state index in [1.807, 2.05) is 0 Å². The normalized spacial score (nSPS) is 16.3. The van der Waals surface area contributed by atoms with Crippen molar-refractivity contribution in [1.29, 1.82) is 0 Å². The second-order valence-corrected chi connectivity index (χ2v) is 5.06. The highest BCUT2D eigenvalue weighted by Crippen LogP contribution is 2.30. The number of rotatable bonds is 4. The minimum atomic E-state index is 0.112. The molecule has 0 bridgehead atoms. The Balaban J connectivity index is 2.16. The summed E-state index contributed by atoms with van der Waals surface area (Å²) in [5, 5.41) is 2.93. The van der Waals surface area contributed by atoms with Crippen molar-refractivity contribution < 1.29 is 9.59 Å².